The van der Waals surface area contributed by atoms with Gasteiger partial charge in [-0.05, 0) is 26.7 Å². The summed E-state index contributed by atoms with van der Waals surface area (Å²) in [5, 5.41) is 2.78. The number of hydrogen-bond donors (Lipinski definition) is 2. The van der Waals surface area contributed by atoms with Crippen molar-refractivity contribution in [1.29, 1.82) is 0 Å². The van der Waals surface area contributed by atoms with Gasteiger partial charge in [-0.2, -0.15) is 0 Å². The molecule has 0 saturated carbocycles. The molecule has 2 atom stereocenters. The second kappa shape index (κ2) is 4.07. The first-order valence-electron chi connectivity index (χ1n) is 4.71. The topological polar surface area (TPSA) is 64.4 Å². The van der Waals surface area contributed by atoms with E-state index >= 15 is 0 Å². The van der Waals surface area contributed by atoms with Gasteiger partial charge in [-0.1, -0.05) is 0 Å². The second-order valence-electron chi connectivity index (χ2n) is 3.91. The van der Waals surface area contributed by atoms with Crippen LogP contribution in [-0.2, 0) is 9.53 Å². The highest BCUT2D eigenvalue weighted by Crippen LogP contribution is 2.23. The minimum Gasteiger partial charge on any atom is -0.373 e. The van der Waals surface area contributed by atoms with Gasteiger partial charge in [0.1, 0.15) is 0 Å². The molecule has 1 aliphatic rings. The molecule has 0 aromatic heterocycles. The summed E-state index contributed by atoms with van der Waals surface area (Å²) in [6.45, 7) is 5.05. The van der Waals surface area contributed by atoms with E-state index in [1.54, 1.807) is 6.92 Å². The van der Waals surface area contributed by atoms with Crippen LogP contribution in [-0.4, -0.2) is 30.7 Å². The molecule has 76 valence electrons. The maximum absolute atomic E-state index is 11.2. The first-order valence-corrected chi connectivity index (χ1v) is 4.71. The van der Waals surface area contributed by atoms with Crippen LogP contribution in [0.15, 0.2) is 0 Å². The summed E-state index contributed by atoms with van der Waals surface area (Å²) < 4.78 is 5.52. The van der Waals surface area contributed by atoms with Crippen molar-refractivity contribution in [2.24, 2.45) is 5.73 Å². The number of nitrogens with two attached hydrogens (primary N) is 1. The van der Waals surface area contributed by atoms with Crippen molar-refractivity contribution in [2.75, 3.05) is 13.2 Å². The van der Waals surface area contributed by atoms with Crippen molar-refractivity contribution >= 4 is 5.91 Å². The zero-order chi connectivity index (χ0) is 9.90. The maximum atomic E-state index is 11.2. The van der Waals surface area contributed by atoms with E-state index in [9.17, 15) is 4.79 Å². The Bertz CT molecular complexity index is 186. The highest BCUT2D eigenvalue weighted by molar-refractivity contribution is 5.81. The molecule has 1 heterocycles. The van der Waals surface area contributed by atoms with Gasteiger partial charge in [-0.3, -0.25) is 4.79 Å². The third kappa shape index (κ3) is 2.97. The number of rotatable bonds is 3. The Labute approximate surface area is 78.8 Å². The van der Waals surface area contributed by atoms with E-state index in [0.29, 0.717) is 6.54 Å². The molecule has 1 saturated heterocycles. The minimum absolute atomic E-state index is 0.114. The molecule has 13 heavy (non-hydrogen) atoms. The molecule has 0 radical (unpaired) electrons. The zero-order valence-electron chi connectivity index (χ0n) is 8.30. The number of carbonyl (C=O) groups excluding carboxylic acids is 1. The average Bonchev–Trinajstić information content (AvgIpc) is 2.48. The van der Waals surface area contributed by atoms with Crippen LogP contribution < -0.4 is 11.1 Å². The molecule has 0 aliphatic carbocycles. The van der Waals surface area contributed by atoms with Crippen LogP contribution in [0.1, 0.15) is 26.7 Å². The average molecular weight is 186 g/mol. The van der Waals surface area contributed by atoms with Gasteiger partial charge in [-0.15, -0.1) is 0 Å². The molecule has 0 spiro atoms. The van der Waals surface area contributed by atoms with Crippen LogP contribution in [0.2, 0.25) is 0 Å². The lowest BCUT2D eigenvalue weighted by Gasteiger charge is -2.23. The predicted molar refractivity (Wildman–Crippen MR) is 50.3 cm³/mol. The van der Waals surface area contributed by atoms with Gasteiger partial charge in [-0.25, -0.2) is 0 Å². The minimum atomic E-state index is -0.440. The molecule has 0 bridgehead atoms. The summed E-state index contributed by atoms with van der Waals surface area (Å²) >= 11 is 0. The molecule has 0 aromatic rings. The maximum Gasteiger partial charge on any atom is 0.236 e. The Morgan fingerprint density at radius 3 is 2.92 bits per heavy atom. The molecule has 3 N–H and O–H groups in total. The molecule has 1 amide bonds. The summed E-state index contributed by atoms with van der Waals surface area (Å²) in [5.41, 5.74) is 5.23. The first-order chi connectivity index (χ1) is 6.03. The first kappa shape index (κ1) is 10.5. The SMILES string of the molecule is C[C@H](N)C(=O)NCC1(C)CCCO1. The molecule has 1 rings (SSSR count). The Morgan fingerprint density at radius 2 is 2.46 bits per heavy atom. The summed E-state index contributed by atoms with van der Waals surface area (Å²) in [4.78, 5) is 11.2. The number of nitrogens with one attached hydrogen (secondary N) is 1. The van der Waals surface area contributed by atoms with Gasteiger partial charge < -0.3 is 15.8 Å². The molecule has 4 heteroatoms. The van der Waals surface area contributed by atoms with Crippen molar-refractivity contribution in [2.45, 2.75) is 38.3 Å². The Morgan fingerprint density at radius 1 is 1.77 bits per heavy atom. The Hall–Kier alpha value is -0.610. The van der Waals surface area contributed by atoms with Crippen LogP contribution in [0.25, 0.3) is 0 Å². The molecule has 4 nitrogen and oxygen atoms in total. The van der Waals surface area contributed by atoms with Crippen LogP contribution in [0.4, 0.5) is 0 Å². The Balaban J connectivity index is 2.29. The van der Waals surface area contributed by atoms with Gasteiger partial charge in [0, 0.05) is 13.2 Å². The summed E-state index contributed by atoms with van der Waals surface area (Å²) in [6, 6.07) is -0.440. The van der Waals surface area contributed by atoms with E-state index in [-0.39, 0.29) is 11.5 Å². The third-order valence-corrected chi connectivity index (χ3v) is 2.35. The largest absolute Gasteiger partial charge is 0.373 e. The monoisotopic (exact) mass is 186 g/mol. The molecule has 1 aliphatic heterocycles. The summed E-state index contributed by atoms with van der Waals surface area (Å²) in [7, 11) is 0. The highest BCUT2D eigenvalue weighted by Gasteiger charge is 2.30. The summed E-state index contributed by atoms with van der Waals surface area (Å²) in [5.74, 6) is -0.114. The van der Waals surface area contributed by atoms with Crippen LogP contribution >= 0.6 is 0 Å². The third-order valence-electron chi connectivity index (χ3n) is 2.35. The number of carbonyl (C=O) groups is 1. The second-order valence-corrected chi connectivity index (χ2v) is 3.91. The fourth-order valence-electron chi connectivity index (χ4n) is 1.41. The molecular weight excluding hydrogens is 168 g/mol. The number of hydrogen-bond acceptors (Lipinski definition) is 3. The molecule has 0 aromatic carbocycles. The van der Waals surface area contributed by atoms with Crippen LogP contribution in [0.3, 0.4) is 0 Å². The quantitative estimate of drug-likeness (QED) is 0.653. The zero-order valence-corrected chi connectivity index (χ0v) is 8.30. The van der Waals surface area contributed by atoms with E-state index in [4.69, 9.17) is 10.5 Å². The van der Waals surface area contributed by atoms with Crippen LogP contribution in [0, 0.1) is 0 Å². The van der Waals surface area contributed by atoms with Crippen molar-refractivity contribution in [1.82, 2.24) is 5.32 Å². The highest BCUT2D eigenvalue weighted by atomic mass is 16.5. The van der Waals surface area contributed by atoms with Crippen LogP contribution in [0.5, 0.6) is 0 Å². The van der Waals surface area contributed by atoms with E-state index in [2.05, 4.69) is 5.32 Å². The smallest absolute Gasteiger partial charge is 0.236 e. The lowest BCUT2D eigenvalue weighted by molar-refractivity contribution is -0.123. The Kier molecular flexibility index (Phi) is 3.27. The van der Waals surface area contributed by atoms with Gasteiger partial charge >= 0.3 is 0 Å². The van der Waals surface area contributed by atoms with Gasteiger partial charge in [0.2, 0.25) is 5.91 Å². The van der Waals surface area contributed by atoms with Gasteiger partial charge in [0.05, 0.1) is 11.6 Å². The lowest BCUT2D eigenvalue weighted by Crippen LogP contribution is -2.45. The standard InChI is InChI=1S/C9H18N2O2/c1-7(10)8(12)11-6-9(2)4-3-5-13-9/h7H,3-6,10H2,1-2H3,(H,11,12)/t7-,9?/m0/s1. The lowest BCUT2D eigenvalue weighted by atomic mass is 10.0. The predicted octanol–water partition coefficient (Wildman–Crippen LogP) is 0.0189. The fourth-order valence-corrected chi connectivity index (χ4v) is 1.41. The number of ether oxygens (including phenoxy) is 1. The normalized spacial score (nSPS) is 30.1. The van der Waals surface area contributed by atoms with E-state index in [1.807, 2.05) is 6.92 Å². The molecule has 1 fully saturated rings. The number of amides is 1. The molecular formula is C9H18N2O2. The molecule has 1 unspecified atom stereocenters. The van der Waals surface area contributed by atoms with Crippen molar-refractivity contribution in [3.05, 3.63) is 0 Å². The van der Waals surface area contributed by atoms with Crippen molar-refractivity contribution in [3.63, 3.8) is 0 Å². The van der Waals surface area contributed by atoms with Crippen molar-refractivity contribution in [3.8, 4) is 0 Å². The van der Waals surface area contributed by atoms with E-state index < -0.39 is 6.04 Å². The van der Waals surface area contributed by atoms with Crippen molar-refractivity contribution < 1.29 is 9.53 Å². The van der Waals surface area contributed by atoms with E-state index in [1.165, 1.54) is 0 Å². The van der Waals surface area contributed by atoms with E-state index in [0.717, 1.165) is 19.4 Å². The summed E-state index contributed by atoms with van der Waals surface area (Å²) in [6.07, 6.45) is 2.08. The fraction of sp³-hybridized carbons (Fsp3) is 0.889. The van der Waals surface area contributed by atoms with Gasteiger partial charge in [0.25, 0.3) is 0 Å². The van der Waals surface area contributed by atoms with Gasteiger partial charge in [0.15, 0.2) is 0 Å².